The van der Waals surface area contributed by atoms with E-state index in [0.717, 1.165) is 0 Å². The fourth-order valence-electron chi connectivity index (χ4n) is 0. The van der Waals surface area contributed by atoms with Crippen molar-refractivity contribution in [1.29, 1.82) is 0 Å². The fraction of sp³-hybridized carbons (Fsp3) is 0. The van der Waals surface area contributed by atoms with Gasteiger partial charge < -0.3 is 0 Å². The molecule has 9 heteroatoms. The van der Waals surface area contributed by atoms with Crippen LogP contribution in [0.25, 0.3) is 0 Å². The Kier molecular flexibility index (Phi) is 242. The molecule has 0 N–H and O–H groups in total. The molecule has 0 amide bonds. The third-order valence-electron chi connectivity index (χ3n) is 0. The molecule has 0 unspecified atom stereocenters. The van der Waals surface area contributed by atoms with E-state index in [1.807, 2.05) is 0 Å². The maximum atomic E-state index is 2.56. The van der Waals surface area contributed by atoms with Crippen LogP contribution in [0.2, 0.25) is 0 Å². The molecule has 0 aromatic rings. The van der Waals surface area contributed by atoms with Crippen LogP contribution in [0.4, 0.5) is 0 Å². The Morgan fingerprint density at radius 1 is 0.556 bits per heavy atom. The van der Waals surface area contributed by atoms with Gasteiger partial charge in [0.05, 0.1) is 0 Å². The van der Waals surface area contributed by atoms with Crippen LogP contribution in [0, 0.1) is 0 Å². The van der Waals surface area contributed by atoms with Gasteiger partial charge in [-0.05, 0) is 0 Å². The summed E-state index contributed by atoms with van der Waals surface area (Å²) in [5.41, 5.74) is 0. The van der Waals surface area contributed by atoms with Crippen LogP contribution in [0.3, 0.4) is 0 Å². The molecular weight excluding hydrogens is 810 g/mol. The molecule has 0 saturated heterocycles. The van der Waals surface area contributed by atoms with Gasteiger partial charge in [0, 0.05) is 0 Å². The first kappa shape index (κ1) is 29.2. The van der Waals surface area contributed by atoms with Crippen molar-refractivity contribution in [3.05, 3.63) is 0 Å². The number of rotatable bonds is 0. The molecule has 0 radical (unpaired) electrons. The molecule has 0 spiro atoms. The van der Waals surface area contributed by atoms with Crippen LogP contribution in [0.5, 0.6) is 0 Å². The predicted molar refractivity (Wildman–Crippen MR) is 56.1 cm³/mol. The molecule has 0 aromatic carbocycles. The maximum absolute atomic E-state index is 2.56. The molecule has 0 nitrogen and oxygen atoms in total. The van der Waals surface area contributed by atoms with E-state index in [1.54, 1.807) is 0 Å². The van der Waals surface area contributed by atoms with E-state index >= 15 is 0 Å². The summed E-state index contributed by atoms with van der Waals surface area (Å²) in [5.74, 6) is 0. The zero-order valence-corrected chi connectivity index (χ0v) is 21.9. The van der Waals surface area contributed by atoms with Crippen LogP contribution in [-0.2, 0) is 25.8 Å². The van der Waals surface area contributed by atoms with E-state index in [1.165, 1.54) is 0 Å². The molecule has 9 heavy (non-hydrogen) atoms. The van der Waals surface area contributed by atoms with Gasteiger partial charge >= 0.3 is 145 Å². The van der Waals surface area contributed by atoms with E-state index in [-0.39, 0.29) is 31.5 Å². The number of hydrogen-bond donors (Lipinski definition) is 0. The van der Waals surface area contributed by atoms with E-state index < -0.39 is 0 Å². The van der Waals surface area contributed by atoms with Gasteiger partial charge in [-0.2, -0.15) is 0 Å². The van der Waals surface area contributed by atoms with Crippen molar-refractivity contribution in [3.8, 4) is 0 Å². The van der Waals surface area contributed by atoms with Gasteiger partial charge in [0.1, 0.15) is 0 Å². The van der Waals surface area contributed by atoms with Gasteiger partial charge in [-0.1, -0.05) is 0 Å². The summed E-state index contributed by atoms with van der Waals surface area (Å²) in [6, 6.07) is 0. The SMILES string of the molecule is [H+].[H+].[H+].[H+].[Hf+4].[Se-][SeH].[Se-][SeH].[Se-][SeH].[Se-][SeH]. The Bertz CT molecular complexity index is 16.1. The van der Waals surface area contributed by atoms with Crippen LogP contribution in [0.1, 0.15) is 5.71 Å². The zero-order valence-electron chi connectivity index (χ0n) is 7.92. The molecule has 0 aliphatic rings. The quantitative estimate of drug-likeness (QED) is 0.222. The predicted octanol–water partition coefficient (Wildman–Crippen LogP) is -3.67. The van der Waals surface area contributed by atoms with Gasteiger partial charge in [-0.3, -0.25) is 0 Å². The van der Waals surface area contributed by atoms with Crippen molar-refractivity contribution < 1.29 is 31.5 Å². The average molecular weight is 818 g/mol. The number of hydrogen-bond acceptors (Lipinski definition) is 0. The summed E-state index contributed by atoms with van der Waals surface area (Å²) in [6.07, 6.45) is 0. The Labute approximate surface area is 142 Å². The van der Waals surface area contributed by atoms with Crippen molar-refractivity contribution in [2.24, 2.45) is 0 Å². The minimum absolute atomic E-state index is 0. The zero-order chi connectivity index (χ0) is 8.00. The Balaban J connectivity index is -0.00000000208. The standard InChI is InChI=1S/Hf.4H2Se2/c;4*1-2/h;4*1-2H/q+4;;;;. The fourth-order valence-corrected chi connectivity index (χ4v) is 0. The van der Waals surface area contributed by atoms with E-state index in [0.29, 0.717) is 0 Å². The van der Waals surface area contributed by atoms with Crippen LogP contribution in [-0.4, -0.2) is 113 Å². The molecule has 0 atom stereocenters. The van der Waals surface area contributed by atoms with E-state index in [2.05, 4.69) is 113 Å². The van der Waals surface area contributed by atoms with E-state index in [4.69, 9.17) is 0 Å². The molecule has 0 bridgehead atoms. The molecule has 0 aromatic heterocycles. The average Bonchev–Trinajstić information content (AvgIpc) is 2.03. The molecule has 0 rings (SSSR count). The van der Waals surface area contributed by atoms with Crippen LogP contribution in [0.15, 0.2) is 0 Å². The second-order valence-electron chi connectivity index (χ2n) is 0. The first-order valence-corrected chi connectivity index (χ1v) is 19.7. The monoisotopic (exact) mass is 827 g/mol. The molecule has 0 heterocycles. The van der Waals surface area contributed by atoms with Crippen molar-refractivity contribution in [2.45, 2.75) is 0 Å². The first-order valence-electron chi connectivity index (χ1n) is 0.730. The summed E-state index contributed by atoms with van der Waals surface area (Å²) in [4.78, 5) is 0. The second-order valence-corrected chi connectivity index (χ2v) is 0. The van der Waals surface area contributed by atoms with Gasteiger partial charge in [0.2, 0.25) is 0 Å². The molecule has 0 fully saturated rings. The van der Waals surface area contributed by atoms with Crippen LogP contribution < -0.4 is 0 Å². The summed E-state index contributed by atoms with van der Waals surface area (Å²) in [6.45, 7) is 0. The molecule has 0 saturated carbocycles. The summed E-state index contributed by atoms with van der Waals surface area (Å²) < 4.78 is 0. The molecule has 0 aliphatic carbocycles. The molecular formula is H8HfSe8+4. The van der Waals surface area contributed by atoms with Crippen LogP contribution >= 0.6 is 0 Å². The second kappa shape index (κ2) is 74.6. The van der Waals surface area contributed by atoms with Gasteiger partial charge in [-0.15, -0.1) is 0 Å². The Morgan fingerprint density at radius 3 is 0.556 bits per heavy atom. The third kappa shape index (κ3) is 62.7. The molecule has 56 valence electrons. The third-order valence-corrected chi connectivity index (χ3v) is 0. The Hall–Kier alpha value is 5.03. The summed E-state index contributed by atoms with van der Waals surface area (Å²) in [7, 11) is 0. The van der Waals surface area contributed by atoms with E-state index in [9.17, 15) is 0 Å². The van der Waals surface area contributed by atoms with Crippen molar-refractivity contribution >= 4 is 113 Å². The minimum atomic E-state index is 0. The van der Waals surface area contributed by atoms with Gasteiger partial charge in [-0.25, -0.2) is 0 Å². The summed E-state index contributed by atoms with van der Waals surface area (Å²) in [5, 5.41) is 0. The van der Waals surface area contributed by atoms with Gasteiger partial charge in [0.25, 0.3) is 0 Å². The summed E-state index contributed by atoms with van der Waals surface area (Å²) >= 11 is 19.0. The van der Waals surface area contributed by atoms with Crippen molar-refractivity contribution in [3.63, 3.8) is 0 Å². The van der Waals surface area contributed by atoms with Crippen molar-refractivity contribution in [1.82, 2.24) is 0 Å². The van der Waals surface area contributed by atoms with Crippen molar-refractivity contribution in [2.75, 3.05) is 0 Å². The van der Waals surface area contributed by atoms with Gasteiger partial charge in [0.15, 0.2) is 0 Å². The molecule has 0 aliphatic heterocycles. The first-order chi connectivity index (χ1) is 4.00. The Morgan fingerprint density at radius 2 is 0.556 bits per heavy atom. The topological polar surface area (TPSA) is 0 Å². The normalized spacial score (nSPS) is 2.67.